The van der Waals surface area contributed by atoms with Gasteiger partial charge in [0.25, 0.3) is 0 Å². The number of rotatable bonds is 2. The molecule has 1 aromatic carbocycles. The number of morpholine rings is 1. The molecule has 2 atom stereocenters. The van der Waals surface area contributed by atoms with Crippen LogP contribution in [0.25, 0.3) is 10.9 Å². The number of aromatic nitrogens is 1. The van der Waals surface area contributed by atoms with E-state index in [-0.39, 0.29) is 42.9 Å². The van der Waals surface area contributed by atoms with E-state index in [1.807, 2.05) is 38.1 Å². The van der Waals surface area contributed by atoms with Gasteiger partial charge < -0.3 is 15.4 Å². The van der Waals surface area contributed by atoms with Gasteiger partial charge in [0.2, 0.25) is 5.91 Å². The maximum absolute atomic E-state index is 12.4. The number of fused-ring (bicyclic) bond motifs is 1. The Kier molecular flexibility index (Phi) is 7.22. The fourth-order valence-corrected chi connectivity index (χ4v) is 2.66. The Balaban J connectivity index is 0.00000132. The summed E-state index contributed by atoms with van der Waals surface area (Å²) in [6.07, 6.45) is 1.63. The average molecular weight is 358 g/mol. The lowest BCUT2D eigenvalue weighted by Gasteiger charge is -2.29. The summed E-state index contributed by atoms with van der Waals surface area (Å²) in [5, 5.41) is 7.14. The summed E-state index contributed by atoms with van der Waals surface area (Å²) in [6, 6.07) is 7.41. The minimum atomic E-state index is -0.327. The Morgan fingerprint density at radius 2 is 2.13 bits per heavy atom. The molecule has 0 unspecified atom stereocenters. The highest BCUT2D eigenvalue weighted by Crippen LogP contribution is 2.24. The van der Waals surface area contributed by atoms with Gasteiger partial charge in [0.1, 0.15) is 6.04 Å². The number of nitrogens with zero attached hydrogens (tertiary/aromatic N) is 1. The van der Waals surface area contributed by atoms with Crippen LogP contribution < -0.4 is 10.6 Å². The average Bonchev–Trinajstić information content (AvgIpc) is 2.51. The van der Waals surface area contributed by atoms with Crippen molar-refractivity contribution >= 4 is 47.3 Å². The molecule has 0 aliphatic carbocycles. The first-order chi connectivity index (χ1) is 10.2. The molecule has 1 saturated heterocycles. The number of benzene rings is 1. The lowest BCUT2D eigenvalue weighted by atomic mass is 10.1. The maximum atomic E-state index is 12.4. The van der Waals surface area contributed by atoms with Crippen molar-refractivity contribution in [2.24, 2.45) is 0 Å². The number of nitrogens with one attached hydrogen (secondary N) is 2. The fraction of sp³-hybridized carbons (Fsp3) is 0.375. The molecule has 0 spiro atoms. The number of halogens is 2. The van der Waals surface area contributed by atoms with Crippen LogP contribution in [0.1, 0.15) is 12.5 Å². The van der Waals surface area contributed by atoms with E-state index in [0.717, 1.165) is 22.2 Å². The van der Waals surface area contributed by atoms with Crippen molar-refractivity contribution in [3.8, 4) is 0 Å². The molecule has 0 bridgehead atoms. The molecule has 2 N–H and O–H groups in total. The summed E-state index contributed by atoms with van der Waals surface area (Å²) >= 11 is 0. The van der Waals surface area contributed by atoms with Crippen molar-refractivity contribution < 1.29 is 9.53 Å². The number of aryl methyl sites for hydroxylation is 1. The third-order valence-corrected chi connectivity index (χ3v) is 3.83. The molecule has 2 heterocycles. The predicted molar refractivity (Wildman–Crippen MR) is 96.8 cm³/mol. The molecule has 2 aromatic rings. The zero-order chi connectivity index (χ0) is 14.8. The Morgan fingerprint density at radius 1 is 1.35 bits per heavy atom. The van der Waals surface area contributed by atoms with Crippen LogP contribution in [0.3, 0.4) is 0 Å². The van der Waals surface area contributed by atoms with E-state index < -0.39 is 0 Å². The van der Waals surface area contributed by atoms with Crippen LogP contribution in [0.2, 0.25) is 0 Å². The van der Waals surface area contributed by atoms with Gasteiger partial charge in [-0.05, 0) is 37.6 Å². The molecule has 5 nitrogen and oxygen atoms in total. The van der Waals surface area contributed by atoms with E-state index in [2.05, 4.69) is 15.6 Å². The molecule has 23 heavy (non-hydrogen) atoms. The Hall–Kier alpha value is -1.40. The van der Waals surface area contributed by atoms with Gasteiger partial charge in [-0.3, -0.25) is 9.78 Å². The standard InChI is InChI=1S/C16H19N3O2.2ClH/c1-10-5-6-13(12-4-3-7-17-14(10)12)19-16(20)15-11(2)21-9-8-18-15;;/h3-7,11,15,18H,8-9H2,1-2H3,(H,19,20);2*1H/t11-,15+;;/m1../s1. The smallest absolute Gasteiger partial charge is 0.244 e. The molecule has 1 fully saturated rings. The SMILES string of the molecule is Cc1ccc(NC(=O)[C@H]2NCCO[C@@H]2C)c2cccnc12.Cl.Cl. The number of ether oxygens (including phenoxy) is 1. The number of carbonyl (C=O) groups is 1. The fourth-order valence-electron chi connectivity index (χ4n) is 2.66. The predicted octanol–water partition coefficient (Wildman–Crippen LogP) is 2.70. The quantitative estimate of drug-likeness (QED) is 0.867. The molecule has 3 rings (SSSR count). The summed E-state index contributed by atoms with van der Waals surface area (Å²) < 4.78 is 5.52. The Labute approximate surface area is 148 Å². The molecule has 1 aliphatic heterocycles. The molecule has 1 amide bonds. The van der Waals surface area contributed by atoms with Crippen LogP contribution in [-0.4, -0.2) is 36.2 Å². The number of pyridine rings is 1. The minimum Gasteiger partial charge on any atom is -0.375 e. The number of carbonyl (C=O) groups excluding carboxylic acids is 1. The summed E-state index contributed by atoms with van der Waals surface area (Å²) in [7, 11) is 0. The molecule has 0 radical (unpaired) electrons. The van der Waals surface area contributed by atoms with Crippen LogP contribution in [0.4, 0.5) is 5.69 Å². The molecular weight excluding hydrogens is 337 g/mol. The normalized spacial score (nSPS) is 20.3. The van der Waals surface area contributed by atoms with Gasteiger partial charge >= 0.3 is 0 Å². The minimum absolute atomic E-state index is 0. The molecular formula is C16H21Cl2N3O2. The van der Waals surface area contributed by atoms with Gasteiger partial charge in [-0.25, -0.2) is 0 Å². The number of hydrogen-bond acceptors (Lipinski definition) is 4. The van der Waals surface area contributed by atoms with Crippen LogP contribution in [0.5, 0.6) is 0 Å². The van der Waals surface area contributed by atoms with Crippen LogP contribution in [0.15, 0.2) is 30.5 Å². The Bertz CT molecular complexity index is 681. The summed E-state index contributed by atoms with van der Waals surface area (Å²) in [5.41, 5.74) is 2.79. The second-order valence-electron chi connectivity index (χ2n) is 5.33. The molecule has 1 aliphatic rings. The molecule has 7 heteroatoms. The van der Waals surface area contributed by atoms with E-state index in [1.54, 1.807) is 6.20 Å². The van der Waals surface area contributed by atoms with Crippen LogP contribution >= 0.6 is 24.8 Å². The molecule has 126 valence electrons. The number of amides is 1. The number of anilines is 1. The van der Waals surface area contributed by atoms with Crippen molar-refractivity contribution in [1.29, 1.82) is 0 Å². The first-order valence-corrected chi connectivity index (χ1v) is 7.17. The highest BCUT2D eigenvalue weighted by molar-refractivity contribution is 6.03. The molecule has 0 saturated carbocycles. The van der Waals surface area contributed by atoms with Crippen molar-refractivity contribution in [3.05, 3.63) is 36.0 Å². The van der Waals surface area contributed by atoms with Gasteiger partial charge in [0.15, 0.2) is 0 Å². The van der Waals surface area contributed by atoms with Gasteiger partial charge in [-0.2, -0.15) is 0 Å². The van der Waals surface area contributed by atoms with E-state index in [1.165, 1.54) is 0 Å². The third kappa shape index (κ3) is 4.12. The topological polar surface area (TPSA) is 63.2 Å². The monoisotopic (exact) mass is 357 g/mol. The molecule has 1 aromatic heterocycles. The first kappa shape index (κ1) is 19.6. The zero-order valence-electron chi connectivity index (χ0n) is 13.0. The van der Waals surface area contributed by atoms with E-state index in [4.69, 9.17) is 4.74 Å². The van der Waals surface area contributed by atoms with Crippen molar-refractivity contribution in [1.82, 2.24) is 10.3 Å². The van der Waals surface area contributed by atoms with Crippen molar-refractivity contribution in [2.75, 3.05) is 18.5 Å². The van der Waals surface area contributed by atoms with E-state index in [0.29, 0.717) is 13.2 Å². The summed E-state index contributed by atoms with van der Waals surface area (Å²) in [5.74, 6) is -0.0730. The van der Waals surface area contributed by atoms with Crippen molar-refractivity contribution in [3.63, 3.8) is 0 Å². The van der Waals surface area contributed by atoms with E-state index in [9.17, 15) is 4.79 Å². The Morgan fingerprint density at radius 3 is 2.87 bits per heavy atom. The lowest BCUT2D eigenvalue weighted by Crippen LogP contribution is -2.53. The second kappa shape index (κ2) is 8.45. The lowest BCUT2D eigenvalue weighted by molar-refractivity contribution is -0.123. The summed E-state index contributed by atoms with van der Waals surface area (Å²) in [4.78, 5) is 16.8. The second-order valence-corrected chi connectivity index (χ2v) is 5.33. The largest absolute Gasteiger partial charge is 0.375 e. The van der Waals surface area contributed by atoms with Crippen molar-refractivity contribution in [2.45, 2.75) is 26.0 Å². The zero-order valence-corrected chi connectivity index (χ0v) is 14.7. The maximum Gasteiger partial charge on any atom is 0.244 e. The van der Waals surface area contributed by atoms with Gasteiger partial charge in [0.05, 0.1) is 23.9 Å². The summed E-state index contributed by atoms with van der Waals surface area (Å²) in [6.45, 7) is 5.26. The van der Waals surface area contributed by atoms with Crippen LogP contribution in [-0.2, 0) is 9.53 Å². The van der Waals surface area contributed by atoms with Gasteiger partial charge in [-0.1, -0.05) is 6.07 Å². The highest BCUT2D eigenvalue weighted by Gasteiger charge is 2.28. The van der Waals surface area contributed by atoms with E-state index >= 15 is 0 Å². The number of hydrogen-bond donors (Lipinski definition) is 2. The first-order valence-electron chi connectivity index (χ1n) is 7.17. The third-order valence-electron chi connectivity index (χ3n) is 3.83. The van der Waals surface area contributed by atoms with Gasteiger partial charge in [-0.15, -0.1) is 24.8 Å². The highest BCUT2D eigenvalue weighted by atomic mass is 35.5. The van der Waals surface area contributed by atoms with Gasteiger partial charge in [0, 0.05) is 18.1 Å². The van der Waals surface area contributed by atoms with Crippen LogP contribution in [0, 0.1) is 6.92 Å².